The van der Waals surface area contributed by atoms with Crippen molar-refractivity contribution in [3.8, 4) is 0 Å². The van der Waals surface area contributed by atoms with Crippen LogP contribution in [0.25, 0.3) is 0 Å². The lowest BCUT2D eigenvalue weighted by Crippen LogP contribution is -2.35. The summed E-state index contributed by atoms with van der Waals surface area (Å²) in [5.74, 6) is -1.34. The lowest BCUT2D eigenvalue weighted by Gasteiger charge is -2.16. The van der Waals surface area contributed by atoms with E-state index in [0.29, 0.717) is 27.7 Å². The van der Waals surface area contributed by atoms with Gasteiger partial charge in [-0.3, -0.25) is 9.59 Å². The summed E-state index contributed by atoms with van der Waals surface area (Å²) in [5.41, 5.74) is 5.40. The summed E-state index contributed by atoms with van der Waals surface area (Å²) in [6.07, 6.45) is 0. The van der Waals surface area contributed by atoms with E-state index in [2.05, 4.69) is 15.6 Å². The Kier molecular flexibility index (Phi) is 5.91. The molecule has 4 rings (SSSR count). The van der Waals surface area contributed by atoms with Crippen LogP contribution < -0.4 is 10.4 Å². The lowest BCUT2D eigenvalue weighted by atomic mass is 9.93. The second-order valence-electron chi connectivity index (χ2n) is 6.97. The Hall–Kier alpha value is -3.77. The number of anilines is 1. The second-order valence-corrected chi connectivity index (χ2v) is 7.41. The highest BCUT2D eigenvalue weighted by molar-refractivity contribution is 6.32. The molecule has 1 aliphatic heterocycles. The summed E-state index contributed by atoms with van der Waals surface area (Å²) in [5, 5.41) is 10.7. The van der Waals surface area contributed by atoms with Gasteiger partial charge in [-0.1, -0.05) is 60.1 Å². The third-order valence-electron chi connectivity index (χ3n) is 4.86. The fourth-order valence-electron chi connectivity index (χ4n) is 3.32. The molecule has 154 valence electrons. The van der Waals surface area contributed by atoms with Crippen molar-refractivity contribution in [1.82, 2.24) is 5.43 Å². The smallest absolute Gasteiger partial charge is 0.271 e. The van der Waals surface area contributed by atoms with Crippen LogP contribution in [0, 0.1) is 5.92 Å². The van der Waals surface area contributed by atoms with Crippen molar-refractivity contribution in [3.63, 3.8) is 0 Å². The number of nitrogens with one attached hydrogen (secondary N) is 1. The minimum atomic E-state index is -0.715. The number of rotatable bonds is 5. The van der Waals surface area contributed by atoms with Crippen molar-refractivity contribution in [2.45, 2.75) is 6.92 Å². The van der Waals surface area contributed by atoms with E-state index < -0.39 is 11.8 Å². The van der Waals surface area contributed by atoms with Crippen molar-refractivity contribution in [1.29, 1.82) is 0 Å². The zero-order chi connectivity index (χ0) is 21.8. The van der Waals surface area contributed by atoms with Crippen LogP contribution in [-0.2, 0) is 4.79 Å². The zero-order valence-corrected chi connectivity index (χ0v) is 17.5. The quantitative estimate of drug-likeness (QED) is 0.477. The predicted molar refractivity (Wildman–Crippen MR) is 122 cm³/mol. The van der Waals surface area contributed by atoms with Gasteiger partial charge in [-0.25, -0.2) is 5.43 Å². The van der Waals surface area contributed by atoms with E-state index in [0.717, 1.165) is 5.56 Å². The van der Waals surface area contributed by atoms with Gasteiger partial charge in [0.1, 0.15) is 5.92 Å². The average Bonchev–Trinajstić information content (AvgIpc) is 3.10. The van der Waals surface area contributed by atoms with Crippen molar-refractivity contribution in [2.24, 2.45) is 16.1 Å². The molecule has 0 aliphatic carbocycles. The number of hydrazone groups is 2. The molecule has 0 unspecified atom stereocenters. The molecule has 1 N–H and O–H groups in total. The van der Waals surface area contributed by atoms with Crippen LogP contribution in [0.3, 0.4) is 0 Å². The van der Waals surface area contributed by atoms with Crippen LogP contribution >= 0.6 is 11.6 Å². The highest BCUT2D eigenvalue weighted by atomic mass is 35.5. The summed E-state index contributed by atoms with van der Waals surface area (Å²) in [6.45, 7) is 1.78. The van der Waals surface area contributed by atoms with Crippen molar-refractivity contribution < 1.29 is 9.59 Å². The van der Waals surface area contributed by atoms with Crippen LogP contribution in [0.15, 0.2) is 95.1 Å². The molecule has 0 radical (unpaired) electrons. The molecule has 0 aromatic heterocycles. The summed E-state index contributed by atoms with van der Waals surface area (Å²) in [6, 6.07) is 25.0. The number of amides is 2. The molecule has 3 aromatic rings. The molecule has 0 saturated carbocycles. The van der Waals surface area contributed by atoms with Gasteiger partial charge in [-0.05, 0) is 48.9 Å². The molecule has 3 aromatic carbocycles. The van der Waals surface area contributed by atoms with Crippen LogP contribution in [0.5, 0.6) is 0 Å². The van der Waals surface area contributed by atoms with Crippen molar-refractivity contribution in [2.75, 3.05) is 5.01 Å². The summed E-state index contributed by atoms with van der Waals surface area (Å²) >= 11 is 5.89. The third kappa shape index (κ3) is 4.39. The first-order chi connectivity index (χ1) is 15.0. The summed E-state index contributed by atoms with van der Waals surface area (Å²) < 4.78 is 0. The number of hydrogen-bond donors (Lipinski definition) is 1. The first-order valence-corrected chi connectivity index (χ1v) is 10.1. The van der Waals surface area contributed by atoms with Crippen LogP contribution in [0.1, 0.15) is 22.8 Å². The second kappa shape index (κ2) is 8.93. The first kappa shape index (κ1) is 20.5. The Morgan fingerprint density at radius 1 is 0.935 bits per heavy atom. The van der Waals surface area contributed by atoms with Gasteiger partial charge in [-0.15, -0.1) is 0 Å². The van der Waals surface area contributed by atoms with Gasteiger partial charge in [-0.2, -0.15) is 15.2 Å². The van der Waals surface area contributed by atoms with E-state index in [1.54, 1.807) is 31.2 Å². The standard InChI is InChI=1S/C24H19ClN4O2/c1-16-21(24(31)29(28-16)20-10-6-3-7-11-20)22(17-8-4-2-5-9-17)26-27-23(30)18-12-14-19(25)15-13-18/h2-15,21H,1H3,(H,27,30)/b26-22-/t21-/m0/s1. The van der Waals surface area contributed by atoms with E-state index in [4.69, 9.17) is 11.6 Å². The van der Waals surface area contributed by atoms with Crippen molar-refractivity contribution >= 4 is 40.5 Å². The largest absolute Gasteiger partial charge is 0.271 e. The highest BCUT2D eigenvalue weighted by Crippen LogP contribution is 2.26. The number of para-hydroxylation sites is 1. The van der Waals surface area contributed by atoms with Crippen molar-refractivity contribution in [3.05, 3.63) is 101 Å². The Bertz CT molecular complexity index is 1160. The van der Waals surface area contributed by atoms with Gasteiger partial charge < -0.3 is 0 Å². The third-order valence-corrected chi connectivity index (χ3v) is 5.11. The van der Waals surface area contributed by atoms with Gasteiger partial charge >= 0.3 is 0 Å². The number of carbonyl (C=O) groups excluding carboxylic acids is 2. The Morgan fingerprint density at radius 3 is 2.19 bits per heavy atom. The minimum absolute atomic E-state index is 0.230. The van der Waals surface area contributed by atoms with Gasteiger partial charge in [0.05, 0.1) is 17.1 Å². The fourth-order valence-corrected chi connectivity index (χ4v) is 3.44. The number of halogens is 1. The van der Waals surface area contributed by atoms with E-state index in [9.17, 15) is 9.59 Å². The zero-order valence-electron chi connectivity index (χ0n) is 16.7. The number of hydrogen-bond acceptors (Lipinski definition) is 4. The molecule has 0 bridgehead atoms. The SMILES string of the molecule is CC1=NN(c2ccccc2)C(=O)[C@@H]1/C(=N\NC(=O)c1ccc(Cl)cc1)c1ccccc1. The monoisotopic (exact) mass is 430 g/mol. The molecule has 0 saturated heterocycles. The molecule has 31 heavy (non-hydrogen) atoms. The molecule has 7 heteroatoms. The topological polar surface area (TPSA) is 74.1 Å². The molecule has 1 aliphatic rings. The molecule has 0 fully saturated rings. The van der Waals surface area contributed by atoms with Crippen LogP contribution in [0.2, 0.25) is 5.02 Å². The van der Waals surface area contributed by atoms with E-state index in [1.165, 1.54) is 5.01 Å². The van der Waals surface area contributed by atoms with Gasteiger partial charge in [0.15, 0.2) is 0 Å². The summed E-state index contributed by atoms with van der Waals surface area (Å²) in [4.78, 5) is 25.9. The van der Waals surface area contributed by atoms with Gasteiger partial charge in [0.25, 0.3) is 11.8 Å². The van der Waals surface area contributed by atoms with Gasteiger partial charge in [0.2, 0.25) is 0 Å². The Labute approximate surface area is 184 Å². The van der Waals surface area contributed by atoms with E-state index in [-0.39, 0.29) is 5.91 Å². The first-order valence-electron chi connectivity index (χ1n) is 9.67. The Morgan fingerprint density at radius 2 is 1.55 bits per heavy atom. The van der Waals surface area contributed by atoms with E-state index >= 15 is 0 Å². The number of benzene rings is 3. The highest BCUT2D eigenvalue weighted by Gasteiger charge is 2.38. The van der Waals surface area contributed by atoms with Gasteiger partial charge in [0, 0.05) is 10.6 Å². The molecule has 0 spiro atoms. The lowest BCUT2D eigenvalue weighted by molar-refractivity contribution is -0.118. The molecule has 1 heterocycles. The van der Waals surface area contributed by atoms with Crippen LogP contribution in [0.4, 0.5) is 5.69 Å². The fraction of sp³-hybridized carbons (Fsp3) is 0.0833. The molecule has 2 amide bonds. The number of nitrogens with zero attached hydrogens (tertiary/aromatic N) is 3. The van der Waals surface area contributed by atoms with Crippen LogP contribution in [-0.4, -0.2) is 23.2 Å². The maximum absolute atomic E-state index is 13.3. The molecule has 1 atom stereocenters. The predicted octanol–water partition coefficient (Wildman–Crippen LogP) is 4.51. The molecular weight excluding hydrogens is 412 g/mol. The molecular formula is C24H19ClN4O2. The normalized spacial score (nSPS) is 16.3. The minimum Gasteiger partial charge on any atom is -0.271 e. The molecule has 6 nitrogen and oxygen atoms in total. The van der Waals surface area contributed by atoms with E-state index in [1.807, 2.05) is 60.7 Å². The average molecular weight is 431 g/mol. The summed E-state index contributed by atoms with van der Waals surface area (Å²) in [7, 11) is 0. The Balaban J connectivity index is 1.67. The maximum atomic E-state index is 13.3. The number of carbonyl (C=O) groups is 2. The maximum Gasteiger partial charge on any atom is 0.271 e.